The molecule has 0 atom stereocenters. The molecule has 3 aliphatic rings. The zero-order valence-electron chi connectivity index (χ0n) is 12.9. The maximum Gasteiger partial charge on any atom is 0.0898 e. The summed E-state index contributed by atoms with van der Waals surface area (Å²) in [5, 5.41) is 3.54. The predicted octanol–water partition coefficient (Wildman–Crippen LogP) is 0.711. The van der Waals surface area contributed by atoms with Gasteiger partial charge in [-0.2, -0.15) is 0 Å². The number of fused-ring (bicyclic) bond motifs is 6. The van der Waals surface area contributed by atoms with Crippen LogP contribution in [-0.2, 0) is 13.1 Å². The molecule has 0 aliphatic carbocycles. The second-order valence-electron chi connectivity index (χ2n) is 6.26. The SMILES string of the molecule is C1=CN2Cc3ccc([nH]3)CN3C=CN(CCNCCN1C2)C3. The maximum absolute atomic E-state index is 3.56. The van der Waals surface area contributed by atoms with E-state index >= 15 is 0 Å². The Morgan fingerprint density at radius 1 is 0.682 bits per heavy atom. The van der Waals surface area contributed by atoms with Crippen molar-refractivity contribution in [3.05, 3.63) is 48.3 Å². The first kappa shape index (κ1) is 13.6. The molecule has 1 aromatic heterocycles. The van der Waals surface area contributed by atoms with Crippen molar-refractivity contribution in [2.45, 2.75) is 13.1 Å². The van der Waals surface area contributed by atoms with Crippen molar-refractivity contribution in [3.8, 4) is 0 Å². The van der Waals surface area contributed by atoms with Crippen LogP contribution in [-0.4, -0.2) is 64.1 Å². The van der Waals surface area contributed by atoms with E-state index in [1.807, 2.05) is 0 Å². The molecule has 6 bridgehead atoms. The molecule has 3 aliphatic heterocycles. The highest BCUT2D eigenvalue weighted by Gasteiger charge is 2.16. The molecule has 2 N–H and O–H groups in total. The molecule has 22 heavy (non-hydrogen) atoms. The summed E-state index contributed by atoms with van der Waals surface area (Å²) in [4.78, 5) is 13.0. The Kier molecular flexibility index (Phi) is 3.68. The molecule has 6 heteroatoms. The monoisotopic (exact) mass is 300 g/mol. The first-order valence-electron chi connectivity index (χ1n) is 8.05. The van der Waals surface area contributed by atoms with Gasteiger partial charge in [-0.15, -0.1) is 0 Å². The summed E-state index contributed by atoms with van der Waals surface area (Å²) in [6, 6.07) is 4.42. The number of aromatic amines is 1. The summed E-state index contributed by atoms with van der Waals surface area (Å²) < 4.78 is 0. The zero-order chi connectivity index (χ0) is 14.8. The Morgan fingerprint density at radius 2 is 1.18 bits per heavy atom. The van der Waals surface area contributed by atoms with Crippen LogP contribution in [0.25, 0.3) is 0 Å². The highest BCUT2D eigenvalue weighted by molar-refractivity contribution is 5.14. The third kappa shape index (κ3) is 3.06. The lowest BCUT2D eigenvalue weighted by atomic mass is 10.4. The fourth-order valence-electron chi connectivity index (χ4n) is 3.21. The van der Waals surface area contributed by atoms with Crippen molar-refractivity contribution in [1.82, 2.24) is 29.9 Å². The fraction of sp³-hybridized carbons (Fsp3) is 0.500. The molecule has 0 aromatic carbocycles. The highest BCUT2D eigenvalue weighted by atomic mass is 15.4. The molecule has 0 radical (unpaired) electrons. The molecule has 0 unspecified atom stereocenters. The van der Waals surface area contributed by atoms with Gasteiger partial charge in [-0.05, 0) is 12.1 Å². The van der Waals surface area contributed by atoms with E-state index in [2.05, 4.69) is 66.8 Å². The van der Waals surface area contributed by atoms with E-state index in [9.17, 15) is 0 Å². The van der Waals surface area contributed by atoms with Crippen LogP contribution in [0.4, 0.5) is 0 Å². The molecule has 0 fully saturated rings. The van der Waals surface area contributed by atoms with Crippen LogP contribution in [0.1, 0.15) is 11.4 Å². The molecule has 4 heterocycles. The molecule has 6 nitrogen and oxygen atoms in total. The molecular formula is C16H24N6. The minimum Gasteiger partial charge on any atom is -0.359 e. The molecule has 0 amide bonds. The van der Waals surface area contributed by atoms with Gasteiger partial charge in [0.2, 0.25) is 0 Å². The van der Waals surface area contributed by atoms with E-state index in [-0.39, 0.29) is 0 Å². The first-order chi connectivity index (χ1) is 10.8. The smallest absolute Gasteiger partial charge is 0.0898 e. The maximum atomic E-state index is 3.56. The van der Waals surface area contributed by atoms with Crippen molar-refractivity contribution in [1.29, 1.82) is 0 Å². The fourth-order valence-corrected chi connectivity index (χ4v) is 3.21. The minimum absolute atomic E-state index is 0.947. The molecule has 118 valence electrons. The molecule has 1 aromatic rings. The van der Waals surface area contributed by atoms with Crippen molar-refractivity contribution >= 4 is 0 Å². The average molecular weight is 300 g/mol. The van der Waals surface area contributed by atoms with Crippen molar-refractivity contribution < 1.29 is 0 Å². The van der Waals surface area contributed by atoms with Crippen LogP contribution in [0.2, 0.25) is 0 Å². The molecule has 0 saturated heterocycles. The summed E-state index contributed by atoms with van der Waals surface area (Å²) in [6.45, 7) is 8.05. The van der Waals surface area contributed by atoms with Gasteiger partial charge in [-0.25, -0.2) is 0 Å². The van der Waals surface area contributed by atoms with Crippen molar-refractivity contribution in [3.63, 3.8) is 0 Å². The Labute approximate surface area is 131 Å². The quantitative estimate of drug-likeness (QED) is 0.738. The first-order valence-corrected chi connectivity index (χ1v) is 8.05. The van der Waals surface area contributed by atoms with Crippen LogP contribution >= 0.6 is 0 Å². The summed E-state index contributed by atoms with van der Waals surface area (Å²) in [5.41, 5.74) is 2.57. The van der Waals surface area contributed by atoms with Crippen LogP contribution in [0.5, 0.6) is 0 Å². The molecular weight excluding hydrogens is 276 g/mol. The summed E-state index contributed by atoms with van der Waals surface area (Å²) in [6.07, 6.45) is 8.78. The van der Waals surface area contributed by atoms with Crippen LogP contribution in [0.3, 0.4) is 0 Å². The topological polar surface area (TPSA) is 40.8 Å². The van der Waals surface area contributed by atoms with Gasteiger partial charge >= 0.3 is 0 Å². The van der Waals surface area contributed by atoms with E-state index in [4.69, 9.17) is 0 Å². The normalized spacial score (nSPS) is 22.0. The number of hydrogen-bond donors (Lipinski definition) is 2. The van der Waals surface area contributed by atoms with Crippen LogP contribution in [0.15, 0.2) is 36.9 Å². The van der Waals surface area contributed by atoms with Crippen LogP contribution in [0, 0.1) is 0 Å². The lowest BCUT2D eigenvalue weighted by Crippen LogP contribution is -2.35. The van der Waals surface area contributed by atoms with Gasteiger partial charge in [0.05, 0.1) is 26.4 Å². The Balaban J connectivity index is 1.46. The van der Waals surface area contributed by atoms with Gasteiger partial charge in [-0.1, -0.05) is 0 Å². The van der Waals surface area contributed by atoms with Gasteiger partial charge in [-0.3, -0.25) is 0 Å². The Hall–Kier alpha value is -2.08. The van der Waals surface area contributed by atoms with E-state index in [1.165, 1.54) is 11.4 Å². The number of H-pyrrole nitrogens is 1. The summed E-state index contributed by atoms with van der Waals surface area (Å²) in [7, 11) is 0. The average Bonchev–Trinajstić information content (AvgIpc) is 3.22. The van der Waals surface area contributed by atoms with E-state index in [1.54, 1.807) is 0 Å². The second-order valence-corrected chi connectivity index (χ2v) is 6.26. The van der Waals surface area contributed by atoms with Gasteiger partial charge in [0.15, 0.2) is 0 Å². The lowest BCUT2D eigenvalue weighted by molar-refractivity contribution is 0.245. The van der Waals surface area contributed by atoms with E-state index in [0.717, 1.165) is 52.6 Å². The van der Waals surface area contributed by atoms with Gasteiger partial charge in [0.25, 0.3) is 0 Å². The van der Waals surface area contributed by atoms with Gasteiger partial charge < -0.3 is 29.9 Å². The Bertz CT molecular complexity index is 516. The minimum atomic E-state index is 0.947. The van der Waals surface area contributed by atoms with Gasteiger partial charge in [0.1, 0.15) is 0 Å². The number of nitrogens with zero attached hydrogens (tertiary/aromatic N) is 4. The van der Waals surface area contributed by atoms with E-state index < -0.39 is 0 Å². The largest absolute Gasteiger partial charge is 0.359 e. The van der Waals surface area contributed by atoms with E-state index in [0.29, 0.717) is 0 Å². The number of nitrogens with one attached hydrogen (secondary N) is 2. The van der Waals surface area contributed by atoms with Gasteiger partial charge in [0, 0.05) is 62.4 Å². The van der Waals surface area contributed by atoms with Crippen molar-refractivity contribution in [2.75, 3.05) is 39.5 Å². The van der Waals surface area contributed by atoms with Crippen LogP contribution < -0.4 is 5.32 Å². The van der Waals surface area contributed by atoms with Crippen molar-refractivity contribution in [2.24, 2.45) is 0 Å². The lowest BCUT2D eigenvalue weighted by Gasteiger charge is -2.23. The number of hydrogen-bond acceptors (Lipinski definition) is 5. The summed E-state index contributed by atoms with van der Waals surface area (Å²) >= 11 is 0. The summed E-state index contributed by atoms with van der Waals surface area (Å²) in [5.74, 6) is 0. The third-order valence-corrected chi connectivity index (χ3v) is 4.41. The standard InChI is InChI=1S/C16H24N6/c1-2-16-12-22-10-8-20(14-22)6-4-17-3-5-19-7-9-21(13-19)11-15(1)18-16/h1-2,7-10,17-18H,3-6,11-14H2. The molecule has 0 saturated carbocycles. The molecule has 4 rings (SSSR count). The highest BCUT2D eigenvalue weighted by Crippen LogP contribution is 2.15. The third-order valence-electron chi connectivity index (χ3n) is 4.41. The number of aromatic nitrogens is 1. The zero-order valence-corrected chi connectivity index (χ0v) is 12.9. The molecule has 0 spiro atoms. The number of rotatable bonds is 0. The second kappa shape index (κ2) is 5.96. The predicted molar refractivity (Wildman–Crippen MR) is 86.2 cm³/mol. The Morgan fingerprint density at radius 3 is 1.73 bits per heavy atom.